The first-order chi connectivity index (χ1) is 7.07. The molecule has 0 saturated carbocycles. The number of thiol groups is 1. The predicted molar refractivity (Wildman–Crippen MR) is 54.9 cm³/mol. The van der Waals surface area contributed by atoms with Crippen LogP contribution in [0.15, 0.2) is 11.5 Å². The van der Waals surface area contributed by atoms with Crippen molar-refractivity contribution < 1.29 is 24.9 Å². The average Bonchev–Trinajstić information content (AvgIpc) is 2.46. The van der Waals surface area contributed by atoms with E-state index in [1.807, 2.05) is 0 Å². The molecule has 0 aliphatic carbocycles. The Balaban J connectivity index is 2.48. The molecule has 86 valence electrons. The van der Waals surface area contributed by atoms with E-state index >= 15 is 0 Å². The van der Waals surface area contributed by atoms with Crippen molar-refractivity contribution in [3.63, 3.8) is 0 Å². The van der Waals surface area contributed by atoms with Crippen LogP contribution in [0.25, 0.3) is 0 Å². The van der Waals surface area contributed by atoms with E-state index < -0.39 is 29.7 Å². The van der Waals surface area contributed by atoms with Crippen molar-refractivity contribution in [2.75, 3.05) is 18.8 Å². The summed E-state index contributed by atoms with van der Waals surface area (Å²) in [5.74, 6) is -1.89. The lowest BCUT2D eigenvalue weighted by Crippen LogP contribution is -2.38. The van der Waals surface area contributed by atoms with Gasteiger partial charge in [0, 0.05) is 18.8 Å². The van der Waals surface area contributed by atoms with Crippen LogP contribution in [0.4, 0.5) is 0 Å². The molecule has 0 radical (unpaired) electrons. The number of ether oxygens (including phenoxy) is 1. The molecule has 1 aliphatic heterocycles. The van der Waals surface area contributed by atoms with Crippen LogP contribution < -0.4 is 5.32 Å². The van der Waals surface area contributed by atoms with Crippen molar-refractivity contribution in [2.24, 2.45) is 0 Å². The van der Waals surface area contributed by atoms with Gasteiger partial charge < -0.3 is 25.4 Å². The standard InChI is InChI=1S/C8H13NO5S/c10-4(3-9-1-2-15)7-5(11)6(12)8(13)14-7/h4,7,9-12,15H,1-3H2. The minimum Gasteiger partial charge on any atom is -0.505 e. The van der Waals surface area contributed by atoms with Gasteiger partial charge in [-0.05, 0) is 0 Å². The van der Waals surface area contributed by atoms with Crippen LogP contribution in [-0.2, 0) is 9.53 Å². The van der Waals surface area contributed by atoms with E-state index in [4.69, 9.17) is 5.11 Å². The first-order valence-corrected chi connectivity index (χ1v) is 5.04. The third-order valence-corrected chi connectivity index (χ3v) is 2.15. The van der Waals surface area contributed by atoms with E-state index in [1.54, 1.807) is 0 Å². The summed E-state index contributed by atoms with van der Waals surface area (Å²) in [6, 6.07) is 0. The van der Waals surface area contributed by atoms with Gasteiger partial charge in [-0.1, -0.05) is 0 Å². The summed E-state index contributed by atoms with van der Waals surface area (Å²) >= 11 is 3.95. The first-order valence-electron chi connectivity index (χ1n) is 4.40. The number of aliphatic hydroxyl groups excluding tert-OH is 3. The van der Waals surface area contributed by atoms with Crippen LogP contribution in [0.3, 0.4) is 0 Å². The van der Waals surface area contributed by atoms with Gasteiger partial charge >= 0.3 is 5.97 Å². The molecule has 0 bridgehead atoms. The van der Waals surface area contributed by atoms with Gasteiger partial charge in [-0.25, -0.2) is 4.79 Å². The van der Waals surface area contributed by atoms with Crippen molar-refractivity contribution in [1.29, 1.82) is 0 Å². The average molecular weight is 235 g/mol. The smallest absolute Gasteiger partial charge is 0.377 e. The number of esters is 1. The summed E-state index contributed by atoms with van der Waals surface area (Å²) in [6.45, 7) is 0.715. The number of hydrogen-bond donors (Lipinski definition) is 5. The number of aliphatic hydroxyl groups is 3. The van der Waals surface area contributed by atoms with Gasteiger partial charge in [-0.3, -0.25) is 0 Å². The number of nitrogens with one attached hydrogen (secondary N) is 1. The van der Waals surface area contributed by atoms with Crippen LogP contribution >= 0.6 is 12.6 Å². The highest BCUT2D eigenvalue weighted by molar-refractivity contribution is 7.80. The zero-order valence-electron chi connectivity index (χ0n) is 7.88. The lowest BCUT2D eigenvalue weighted by molar-refractivity contribution is -0.146. The van der Waals surface area contributed by atoms with E-state index in [0.29, 0.717) is 12.3 Å². The second-order valence-electron chi connectivity index (χ2n) is 3.05. The fourth-order valence-electron chi connectivity index (χ4n) is 1.16. The van der Waals surface area contributed by atoms with Crippen molar-refractivity contribution in [3.8, 4) is 0 Å². The molecule has 0 spiro atoms. The highest BCUT2D eigenvalue weighted by atomic mass is 32.1. The predicted octanol–water partition coefficient (Wildman–Crippen LogP) is -0.880. The molecule has 1 rings (SSSR count). The maximum Gasteiger partial charge on any atom is 0.377 e. The molecule has 0 aromatic rings. The third kappa shape index (κ3) is 2.77. The molecular formula is C8H13NO5S. The highest BCUT2D eigenvalue weighted by Crippen LogP contribution is 2.20. The van der Waals surface area contributed by atoms with Gasteiger partial charge in [0.25, 0.3) is 0 Å². The largest absolute Gasteiger partial charge is 0.505 e. The molecule has 1 heterocycles. The Morgan fingerprint density at radius 1 is 1.53 bits per heavy atom. The van der Waals surface area contributed by atoms with Gasteiger partial charge in [0.1, 0.15) is 6.10 Å². The molecule has 0 saturated heterocycles. The molecular weight excluding hydrogens is 222 g/mol. The molecule has 15 heavy (non-hydrogen) atoms. The van der Waals surface area contributed by atoms with Crippen molar-refractivity contribution in [3.05, 3.63) is 11.5 Å². The Morgan fingerprint density at radius 2 is 2.20 bits per heavy atom. The van der Waals surface area contributed by atoms with Gasteiger partial charge in [-0.15, -0.1) is 0 Å². The van der Waals surface area contributed by atoms with E-state index in [-0.39, 0.29) is 6.54 Å². The van der Waals surface area contributed by atoms with Crippen molar-refractivity contribution in [2.45, 2.75) is 12.2 Å². The van der Waals surface area contributed by atoms with Gasteiger partial charge in [-0.2, -0.15) is 12.6 Å². The summed E-state index contributed by atoms with van der Waals surface area (Å²) in [5.41, 5.74) is 0. The Labute approximate surface area is 92.0 Å². The summed E-state index contributed by atoms with van der Waals surface area (Å²) in [4.78, 5) is 10.8. The van der Waals surface area contributed by atoms with Crippen LogP contribution in [0.1, 0.15) is 0 Å². The summed E-state index contributed by atoms with van der Waals surface area (Å²) in [7, 11) is 0. The molecule has 1 aliphatic rings. The van der Waals surface area contributed by atoms with Crippen LogP contribution in [0.5, 0.6) is 0 Å². The number of rotatable bonds is 5. The van der Waals surface area contributed by atoms with Gasteiger partial charge in [0.15, 0.2) is 11.9 Å². The lowest BCUT2D eigenvalue weighted by Gasteiger charge is -2.17. The Kier molecular flexibility index (Phi) is 4.25. The van der Waals surface area contributed by atoms with Gasteiger partial charge in [0.05, 0.1) is 0 Å². The molecule has 0 aromatic heterocycles. The number of cyclic esters (lactones) is 1. The zero-order chi connectivity index (χ0) is 11.4. The quantitative estimate of drug-likeness (QED) is 0.241. The highest BCUT2D eigenvalue weighted by Gasteiger charge is 2.38. The van der Waals surface area contributed by atoms with Crippen LogP contribution in [0.2, 0.25) is 0 Å². The second-order valence-corrected chi connectivity index (χ2v) is 3.50. The molecule has 0 amide bonds. The minimum absolute atomic E-state index is 0.135. The Bertz CT molecular complexity index is 280. The molecule has 0 fully saturated rings. The normalized spacial score (nSPS) is 23.1. The fourth-order valence-corrected chi connectivity index (χ4v) is 1.32. The zero-order valence-corrected chi connectivity index (χ0v) is 8.78. The van der Waals surface area contributed by atoms with Crippen LogP contribution in [0, 0.1) is 0 Å². The maximum absolute atomic E-state index is 10.8. The number of carbonyl (C=O) groups excluding carboxylic acids is 1. The number of carbonyl (C=O) groups is 1. The molecule has 0 aromatic carbocycles. The topological polar surface area (TPSA) is 99.0 Å². The van der Waals surface area contributed by atoms with E-state index in [0.717, 1.165) is 0 Å². The summed E-state index contributed by atoms with van der Waals surface area (Å²) in [6.07, 6.45) is -2.29. The van der Waals surface area contributed by atoms with E-state index in [1.165, 1.54) is 0 Å². The molecule has 7 heteroatoms. The van der Waals surface area contributed by atoms with Gasteiger partial charge in [0.2, 0.25) is 5.76 Å². The summed E-state index contributed by atoms with van der Waals surface area (Å²) < 4.78 is 4.56. The molecule has 2 atom stereocenters. The molecule has 4 N–H and O–H groups in total. The SMILES string of the molecule is O=C1OC(C(O)CNCCS)C(O)=C1O. The number of hydrogen-bond acceptors (Lipinski definition) is 7. The summed E-state index contributed by atoms with van der Waals surface area (Å²) in [5, 5.41) is 30.5. The fraction of sp³-hybridized carbons (Fsp3) is 0.625. The first kappa shape index (κ1) is 12.2. The monoisotopic (exact) mass is 235 g/mol. The molecule has 6 nitrogen and oxygen atoms in total. The third-order valence-electron chi connectivity index (χ3n) is 1.93. The second kappa shape index (κ2) is 5.24. The maximum atomic E-state index is 10.8. The Hall–Kier alpha value is -0.920. The van der Waals surface area contributed by atoms with Crippen molar-refractivity contribution in [1.82, 2.24) is 5.32 Å². The van der Waals surface area contributed by atoms with Crippen LogP contribution in [-0.4, -0.2) is 52.3 Å². The Morgan fingerprint density at radius 3 is 2.67 bits per heavy atom. The lowest BCUT2D eigenvalue weighted by atomic mass is 10.1. The van der Waals surface area contributed by atoms with E-state index in [2.05, 4.69) is 22.7 Å². The molecule has 2 unspecified atom stereocenters. The van der Waals surface area contributed by atoms with E-state index in [9.17, 15) is 15.0 Å². The minimum atomic E-state index is -1.19. The van der Waals surface area contributed by atoms with Crippen molar-refractivity contribution >= 4 is 18.6 Å².